The molecule has 5 heteroatoms. The van der Waals surface area contributed by atoms with E-state index in [0.29, 0.717) is 11.4 Å². The molecule has 96 valence electrons. The van der Waals surface area contributed by atoms with Gasteiger partial charge in [-0.25, -0.2) is 0 Å². The van der Waals surface area contributed by atoms with Crippen molar-refractivity contribution in [3.63, 3.8) is 0 Å². The Morgan fingerprint density at radius 3 is 2.72 bits per heavy atom. The van der Waals surface area contributed by atoms with Gasteiger partial charge in [-0.3, -0.25) is 4.68 Å². The second-order valence-electron chi connectivity index (χ2n) is 3.86. The van der Waals surface area contributed by atoms with E-state index in [1.165, 1.54) is 0 Å². The maximum Gasteiger partial charge on any atom is 0.162 e. The molecule has 0 saturated heterocycles. The highest BCUT2D eigenvalue weighted by atomic mass is 16.5. The number of aromatic nitrogens is 2. The van der Waals surface area contributed by atoms with E-state index in [2.05, 4.69) is 5.10 Å². The lowest BCUT2D eigenvalue weighted by atomic mass is 10.2. The lowest BCUT2D eigenvalue weighted by Crippen LogP contribution is -2.14. The maximum absolute atomic E-state index is 10.1. The van der Waals surface area contributed by atoms with E-state index < -0.39 is 6.10 Å². The van der Waals surface area contributed by atoms with Crippen LogP contribution in [-0.4, -0.2) is 28.6 Å². The van der Waals surface area contributed by atoms with Crippen LogP contribution in [0, 0.1) is 0 Å². The van der Waals surface area contributed by atoms with E-state index in [9.17, 15) is 5.11 Å². The molecule has 1 heterocycles. The SMILES string of the molecule is COc1cnn(C)c1C(O)COc1ccccc1. The summed E-state index contributed by atoms with van der Waals surface area (Å²) in [6.45, 7) is 0.153. The van der Waals surface area contributed by atoms with E-state index in [-0.39, 0.29) is 6.61 Å². The molecule has 2 rings (SSSR count). The van der Waals surface area contributed by atoms with Crippen molar-refractivity contribution < 1.29 is 14.6 Å². The topological polar surface area (TPSA) is 56.5 Å². The van der Waals surface area contributed by atoms with Gasteiger partial charge in [0.1, 0.15) is 24.2 Å². The largest absolute Gasteiger partial charge is 0.493 e. The highest BCUT2D eigenvalue weighted by Gasteiger charge is 2.18. The molecule has 1 atom stereocenters. The van der Waals surface area contributed by atoms with E-state index in [4.69, 9.17) is 9.47 Å². The highest BCUT2D eigenvalue weighted by Crippen LogP contribution is 2.24. The summed E-state index contributed by atoms with van der Waals surface area (Å²) < 4.78 is 12.2. The van der Waals surface area contributed by atoms with Gasteiger partial charge in [-0.15, -0.1) is 0 Å². The summed E-state index contributed by atoms with van der Waals surface area (Å²) >= 11 is 0. The van der Waals surface area contributed by atoms with Crippen LogP contribution in [0.4, 0.5) is 0 Å². The quantitative estimate of drug-likeness (QED) is 0.872. The monoisotopic (exact) mass is 248 g/mol. The van der Waals surface area contributed by atoms with Crippen LogP contribution in [-0.2, 0) is 7.05 Å². The number of aliphatic hydroxyl groups excluding tert-OH is 1. The minimum Gasteiger partial charge on any atom is -0.493 e. The normalized spacial score (nSPS) is 12.2. The Morgan fingerprint density at radius 2 is 2.06 bits per heavy atom. The highest BCUT2D eigenvalue weighted by molar-refractivity contribution is 5.27. The third-order valence-corrected chi connectivity index (χ3v) is 2.64. The van der Waals surface area contributed by atoms with Crippen LogP contribution >= 0.6 is 0 Å². The van der Waals surface area contributed by atoms with E-state index in [0.717, 1.165) is 5.75 Å². The Bertz CT molecular complexity index is 496. The Hall–Kier alpha value is -2.01. The maximum atomic E-state index is 10.1. The zero-order valence-corrected chi connectivity index (χ0v) is 10.4. The summed E-state index contributed by atoms with van der Waals surface area (Å²) in [5, 5.41) is 14.1. The van der Waals surface area contributed by atoms with Crippen LogP contribution < -0.4 is 9.47 Å². The Kier molecular flexibility index (Phi) is 3.84. The smallest absolute Gasteiger partial charge is 0.162 e. The van der Waals surface area contributed by atoms with Gasteiger partial charge in [0.15, 0.2) is 5.75 Å². The number of hydrogen-bond donors (Lipinski definition) is 1. The zero-order valence-electron chi connectivity index (χ0n) is 10.4. The number of benzene rings is 1. The van der Waals surface area contributed by atoms with Crippen LogP contribution in [0.1, 0.15) is 11.8 Å². The van der Waals surface area contributed by atoms with E-state index in [1.807, 2.05) is 30.3 Å². The molecule has 0 fully saturated rings. The summed E-state index contributed by atoms with van der Waals surface area (Å²) in [6, 6.07) is 9.35. The summed E-state index contributed by atoms with van der Waals surface area (Å²) in [5.74, 6) is 1.28. The number of hydrogen-bond acceptors (Lipinski definition) is 4. The summed E-state index contributed by atoms with van der Waals surface area (Å²) in [4.78, 5) is 0. The number of aliphatic hydroxyl groups is 1. The van der Waals surface area contributed by atoms with Gasteiger partial charge in [-0.05, 0) is 12.1 Å². The molecule has 18 heavy (non-hydrogen) atoms. The minimum absolute atomic E-state index is 0.153. The predicted octanol–water partition coefficient (Wildman–Crippen LogP) is 1.54. The molecule has 0 bridgehead atoms. The third kappa shape index (κ3) is 2.62. The molecule has 0 amide bonds. The number of aryl methyl sites for hydroxylation is 1. The van der Waals surface area contributed by atoms with Crippen molar-refractivity contribution in [2.45, 2.75) is 6.10 Å². The molecule has 0 radical (unpaired) electrons. The second-order valence-corrected chi connectivity index (χ2v) is 3.86. The van der Waals surface area contributed by atoms with Crippen molar-refractivity contribution in [2.75, 3.05) is 13.7 Å². The fourth-order valence-corrected chi connectivity index (χ4v) is 1.73. The lowest BCUT2D eigenvalue weighted by molar-refractivity contribution is 0.0986. The molecule has 0 spiro atoms. The molecule has 2 aromatic rings. The second kappa shape index (κ2) is 5.55. The zero-order chi connectivity index (χ0) is 13.0. The van der Waals surface area contributed by atoms with Gasteiger partial charge in [0, 0.05) is 7.05 Å². The number of methoxy groups -OCH3 is 1. The molecular formula is C13H16N2O3. The van der Waals surface area contributed by atoms with Gasteiger partial charge in [0.05, 0.1) is 13.3 Å². The van der Waals surface area contributed by atoms with Crippen LogP contribution in [0.2, 0.25) is 0 Å². The average Bonchev–Trinajstić information content (AvgIpc) is 2.78. The Labute approximate surface area is 106 Å². The molecule has 1 aromatic heterocycles. The van der Waals surface area contributed by atoms with Crippen LogP contribution in [0.5, 0.6) is 11.5 Å². The molecule has 0 aliphatic carbocycles. The van der Waals surface area contributed by atoms with Gasteiger partial charge in [0.2, 0.25) is 0 Å². The molecule has 5 nitrogen and oxygen atoms in total. The first-order chi connectivity index (χ1) is 8.72. The molecule has 1 aromatic carbocycles. The van der Waals surface area contributed by atoms with E-state index >= 15 is 0 Å². The van der Waals surface area contributed by atoms with Crippen molar-refractivity contribution in [2.24, 2.45) is 7.05 Å². The number of ether oxygens (including phenoxy) is 2. The van der Waals surface area contributed by atoms with Gasteiger partial charge >= 0.3 is 0 Å². The molecule has 1 N–H and O–H groups in total. The summed E-state index contributed by atoms with van der Waals surface area (Å²) in [7, 11) is 3.30. The minimum atomic E-state index is -0.785. The van der Waals surface area contributed by atoms with Crippen molar-refractivity contribution in [1.82, 2.24) is 9.78 Å². The van der Waals surface area contributed by atoms with Crippen molar-refractivity contribution in [1.29, 1.82) is 0 Å². The van der Waals surface area contributed by atoms with Crippen LogP contribution in [0.25, 0.3) is 0 Å². The average molecular weight is 248 g/mol. The van der Waals surface area contributed by atoms with Crippen LogP contribution in [0.3, 0.4) is 0 Å². The van der Waals surface area contributed by atoms with E-state index in [1.54, 1.807) is 25.0 Å². The lowest BCUT2D eigenvalue weighted by Gasteiger charge is -2.14. The van der Waals surface area contributed by atoms with Gasteiger partial charge in [-0.1, -0.05) is 18.2 Å². The van der Waals surface area contributed by atoms with Crippen LogP contribution in [0.15, 0.2) is 36.5 Å². The Morgan fingerprint density at radius 1 is 1.33 bits per heavy atom. The molecule has 0 aliphatic rings. The third-order valence-electron chi connectivity index (χ3n) is 2.64. The summed E-state index contributed by atoms with van der Waals surface area (Å²) in [6.07, 6.45) is 0.786. The molecule has 0 aliphatic heterocycles. The standard InChI is InChI=1S/C13H16N2O3/c1-15-13(12(17-2)8-14-15)11(16)9-18-10-6-4-3-5-7-10/h3-8,11,16H,9H2,1-2H3. The molecule has 1 unspecified atom stereocenters. The first-order valence-electron chi connectivity index (χ1n) is 5.64. The first kappa shape index (κ1) is 12.4. The van der Waals surface area contributed by atoms with Crippen molar-refractivity contribution in [3.8, 4) is 11.5 Å². The number of rotatable bonds is 5. The predicted molar refractivity (Wildman–Crippen MR) is 66.7 cm³/mol. The van der Waals surface area contributed by atoms with Gasteiger partial charge < -0.3 is 14.6 Å². The molecule has 0 saturated carbocycles. The number of para-hydroxylation sites is 1. The van der Waals surface area contributed by atoms with Crippen molar-refractivity contribution in [3.05, 3.63) is 42.2 Å². The fourth-order valence-electron chi connectivity index (χ4n) is 1.73. The first-order valence-corrected chi connectivity index (χ1v) is 5.64. The van der Waals surface area contributed by atoms with Gasteiger partial charge in [-0.2, -0.15) is 5.10 Å². The Balaban J connectivity index is 2.03. The van der Waals surface area contributed by atoms with Gasteiger partial charge in [0.25, 0.3) is 0 Å². The fraction of sp³-hybridized carbons (Fsp3) is 0.308. The summed E-state index contributed by atoms with van der Waals surface area (Å²) in [5.41, 5.74) is 0.605. The molecular weight excluding hydrogens is 232 g/mol. The number of nitrogens with zero attached hydrogens (tertiary/aromatic N) is 2. The van der Waals surface area contributed by atoms with Crippen molar-refractivity contribution >= 4 is 0 Å².